The van der Waals surface area contributed by atoms with Gasteiger partial charge in [-0.05, 0) is 12.1 Å². The maximum atomic E-state index is 12.5. The summed E-state index contributed by atoms with van der Waals surface area (Å²) in [6.45, 7) is 0. The molecule has 4 nitrogen and oxygen atoms in total. The zero-order valence-corrected chi connectivity index (χ0v) is 9.47. The molecule has 0 unspecified atom stereocenters. The molecular weight excluding hydrogens is 252 g/mol. The van der Waals surface area contributed by atoms with Crippen LogP contribution in [0, 0.1) is 0 Å². The summed E-state index contributed by atoms with van der Waals surface area (Å²) >= 11 is 5.57. The van der Waals surface area contributed by atoms with Gasteiger partial charge in [0.05, 0.1) is 11.9 Å². The molecule has 1 saturated carbocycles. The molecule has 0 saturated heterocycles. The molecule has 0 spiro atoms. The number of rotatable bonds is 2. The minimum atomic E-state index is -2.64. The van der Waals surface area contributed by atoms with Gasteiger partial charge >= 0.3 is 6.03 Å². The minimum Gasteiger partial charge on any atom is -0.335 e. The van der Waals surface area contributed by atoms with Crippen molar-refractivity contribution in [3.8, 4) is 0 Å². The highest BCUT2D eigenvalue weighted by atomic mass is 35.5. The first-order valence-corrected chi connectivity index (χ1v) is 5.39. The standard InChI is InChI=1S/C10H10ClF2N3O/c11-8-2-1-6(5-14-8)15-9(17)16-7-3-10(12,13)4-7/h1-2,5,7H,3-4H2,(H2,15,16,17). The molecule has 0 bridgehead atoms. The summed E-state index contributed by atoms with van der Waals surface area (Å²) in [7, 11) is 0. The van der Waals surface area contributed by atoms with Crippen LogP contribution in [-0.4, -0.2) is 23.0 Å². The fraction of sp³-hybridized carbons (Fsp3) is 0.400. The van der Waals surface area contributed by atoms with E-state index in [4.69, 9.17) is 11.6 Å². The fourth-order valence-electron chi connectivity index (χ4n) is 1.57. The van der Waals surface area contributed by atoms with Crippen molar-refractivity contribution in [2.24, 2.45) is 0 Å². The lowest BCUT2D eigenvalue weighted by Crippen LogP contribution is -2.51. The lowest BCUT2D eigenvalue weighted by molar-refractivity contribution is -0.0893. The second-order valence-corrected chi connectivity index (χ2v) is 4.32. The molecule has 7 heteroatoms. The molecule has 2 rings (SSSR count). The van der Waals surface area contributed by atoms with Crippen LogP contribution in [-0.2, 0) is 0 Å². The maximum Gasteiger partial charge on any atom is 0.319 e. The van der Waals surface area contributed by atoms with Crippen LogP contribution < -0.4 is 10.6 Å². The number of nitrogens with zero attached hydrogens (tertiary/aromatic N) is 1. The van der Waals surface area contributed by atoms with Crippen molar-refractivity contribution in [1.82, 2.24) is 10.3 Å². The molecule has 2 N–H and O–H groups in total. The van der Waals surface area contributed by atoms with Crippen LogP contribution in [0.15, 0.2) is 18.3 Å². The third-order valence-electron chi connectivity index (χ3n) is 2.41. The van der Waals surface area contributed by atoms with Crippen molar-refractivity contribution in [1.29, 1.82) is 0 Å². The van der Waals surface area contributed by atoms with Crippen LogP contribution >= 0.6 is 11.6 Å². The van der Waals surface area contributed by atoms with Crippen molar-refractivity contribution < 1.29 is 13.6 Å². The number of amides is 2. The molecule has 1 aliphatic rings. The Hall–Kier alpha value is -1.43. The van der Waals surface area contributed by atoms with E-state index in [0.29, 0.717) is 10.8 Å². The van der Waals surface area contributed by atoms with E-state index >= 15 is 0 Å². The average Bonchev–Trinajstić information content (AvgIpc) is 2.18. The highest BCUT2D eigenvalue weighted by Gasteiger charge is 2.45. The number of pyridine rings is 1. The van der Waals surface area contributed by atoms with Gasteiger partial charge in [0.1, 0.15) is 5.15 Å². The van der Waals surface area contributed by atoms with Crippen molar-refractivity contribution in [2.45, 2.75) is 24.8 Å². The second kappa shape index (κ2) is 4.44. The van der Waals surface area contributed by atoms with Crippen molar-refractivity contribution in [2.75, 3.05) is 5.32 Å². The highest BCUT2D eigenvalue weighted by Crippen LogP contribution is 2.37. The first-order chi connectivity index (χ1) is 7.94. The lowest BCUT2D eigenvalue weighted by atomic mass is 9.88. The summed E-state index contributed by atoms with van der Waals surface area (Å²) in [5.74, 6) is -2.64. The van der Waals surface area contributed by atoms with Gasteiger partial charge in [0.15, 0.2) is 0 Å². The monoisotopic (exact) mass is 261 g/mol. The van der Waals surface area contributed by atoms with Crippen molar-refractivity contribution in [3.63, 3.8) is 0 Å². The highest BCUT2D eigenvalue weighted by molar-refractivity contribution is 6.29. The Bertz CT molecular complexity index is 416. The number of carbonyl (C=O) groups excluding carboxylic acids is 1. The van der Waals surface area contributed by atoms with Gasteiger partial charge in [-0.1, -0.05) is 11.6 Å². The lowest BCUT2D eigenvalue weighted by Gasteiger charge is -2.35. The number of hydrogen-bond acceptors (Lipinski definition) is 2. The van der Waals surface area contributed by atoms with E-state index < -0.39 is 18.0 Å². The zero-order valence-electron chi connectivity index (χ0n) is 8.71. The van der Waals surface area contributed by atoms with Gasteiger partial charge < -0.3 is 10.6 Å². The molecule has 1 fully saturated rings. The molecule has 0 atom stereocenters. The number of halogens is 3. The van der Waals surface area contributed by atoms with Gasteiger partial charge in [-0.2, -0.15) is 0 Å². The molecule has 1 aromatic rings. The Morgan fingerprint density at radius 1 is 1.47 bits per heavy atom. The summed E-state index contributed by atoms with van der Waals surface area (Å²) in [5, 5.41) is 5.24. The van der Waals surface area contributed by atoms with Gasteiger partial charge in [-0.3, -0.25) is 0 Å². The molecular formula is C10H10ClF2N3O. The quantitative estimate of drug-likeness (QED) is 0.804. The predicted octanol–water partition coefficient (Wildman–Crippen LogP) is 2.65. The Morgan fingerprint density at radius 2 is 2.18 bits per heavy atom. The van der Waals surface area contributed by atoms with E-state index in [9.17, 15) is 13.6 Å². The van der Waals surface area contributed by atoms with Crippen LogP contribution in [0.1, 0.15) is 12.8 Å². The Morgan fingerprint density at radius 3 is 2.71 bits per heavy atom. The second-order valence-electron chi connectivity index (χ2n) is 3.93. The Labute approximate surface area is 101 Å². The zero-order chi connectivity index (χ0) is 12.5. The number of aromatic nitrogens is 1. The molecule has 1 aliphatic carbocycles. The number of urea groups is 1. The largest absolute Gasteiger partial charge is 0.335 e. The molecule has 0 aromatic carbocycles. The number of carbonyl (C=O) groups is 1. The number of alkyl halides is 2. The summed E-state index contributed by atoms with van der Waals surface area (Å²) in [5.41, 5.74) is 0.456. The fourth-order valence-corrected chi connectivity index (χ4v) is 1.68. The third-order valence-corrected chi connectivity index (χ3v) is 2.63. The van der Waals surface area contributed by atoms with E-state index in [-0.39, 0.29) is 12.8 Å². The normalized spacial score (nSPS) is 18.3. The van der Waals surface area contributed by atoms with Gasteiger partial charge in [-0.25, -0.2) is 18.6 Å². The number of nitrogens with one attached hydrogen (secondary N) is 2. The van der Waals surface area contributed by atoms with E-state index in [0.717, 1.165) is 0 Å². The van der Waals surface area contributed by atoms with E-state index in [1.165, 1.54) is 12.3 Å². The predicted molar refractivity (Wildman–Crippen MR) is 59.4 cm³/mol. The van der Waals surface area contributed by atoms with Crippen LogP contribution in [0.2, 0.25) is 5.15 Å². The first-order valence-electron chi connectivity index (χ1n) is 5.01. The van der Waals surface area contributed by atoms with Gasteiger partial charge in [0.25, 0.3) is 5.92 Å². The topological polar surface area (TPSA) is 54.0 Å². The van der Waals surface area contributed by atoms with Crippen molar-refractivity contribution >= 4 is 23.3 Å². The SMILES string of the molecule is O=C(Nc1ccc(Cl)nc1)NC1CC(F)(F)C1. The molecule has 0 aliphatic heterocycles. The molecule has 0 radical (unpaired) electrons. The van der Waals surface area contributed by atoms with E-state index in [1.54, 1.807) is 6.07 Å². The summed E-state index contributed by atoms with van der Waals surface area (Å²) in [6.07, 6.45) is 0.774. The number of anilines is 1. The number of hydrogen-bond donors (Lipinski definition) is 2. The Balaban J connectivity index is 1.80. The molecule has 2 amide bonds. The maximum absolute atomic E-state index is 12.5. The van der Waals surface area contributed by atoms with Gasteiger partial charge in [-0.15, -0.1) is 0 Å². The first kappa shape index (κ1) is 12.0. The molecule has 17 heavy (non-hydrogen) atoms. The van der Waals surface area contributed by atoms with E-state index in [1.807, 2.05) is 0 Å². The molecule has 1 aromatic heterocycles. The summed E-state index contributed by atoms with van der Waals surface area (Å²) in [6, 6.07) is 2.11. The molecule has 1 heterocycles. The summed E-state index contributed by atoms with van der Waals surface area (Å²) < 4.78 is 25.0. The molecule has 92 valence electrons. The Kier molecular flexibility index (Phi) is 3.15. The minimum absolute atomic E-state index is 0.306. The van der Waals surface area contributed by atoms with Crippen molar-refractivity contribution in [3.05, 3.63) is 23.5 Å². The van der Waals surface area contributed by atoms with Gasteiger partial charge in [0, 0.05) is 18.9 Å². The van der Waals surface area contributed by atoms with E-state index in [2.05, 4.69) is 15.6 Å². The van der Waals surface area contributed by atoms with Gasteiger partial charge in [0.2, 0.25) is 0 Å². The van der Waals surface area contributed by atoms with Crippen LogP contribution in [0.4, 0.5) is 19.3 Å². The summed E-state index contributed by atoms with van der Waals surface area (Å²) in [4.78, 5) is 15.2. The average molecular weight is 262 g/mol. The van der Waals surface area contributed by atoms with Crippen LogP contribution in [0.5, 0.6) is 0 Å². The third kappa shape index (κ3) is 3.26. The van der Waals surface area contributed by atoms with Crippen LogP contribution in [0.25, 0.3) is 0 Å². The van der Waals surface area contributed by atoms with Crippen LogP contribution in [0.3, 0.4) is 0 Å². The smallest absolute Gasteiger partial charge is 0.319 e.